The number of ketones is 1. The van der Waals surface area contributed by atoms with Crippen LogP contribution in [0.4, 0.5) is 0 Å². The first-order chi connectivity index (χ1) is 21.1. The Balaban J connectivity index is 1.37. The number of fused-ring (bicyclic) bond motifs is 1. The molecule has 0 aromatic heterocycles. The maximum Gasteiger partial charge on any atom is 0.295 e. The van der Waals surface area contributed by atoms with Gasteiger partial charge in [0.25, 0.3) is 11.7 Å². The van der Waals surface area contributed by atoms with Crippen molar-refractivity contribution in [3.63, 3.8) is 0 Å². The molecule has 1 N–H and O–H groups in total. The van der Waals surface area contributed by atoms with E-state index in [9.17, 15) is 14.7 Å². The van der Waals surface area contributed by atoms with Crippen LogP contribution in [0.25, 0.3) is 5.76 Å². The minimum atomic E-state index is -0.788. The predicted molar refractivity (Wildman–Crippen MR) is 168 cm³/mol. The van der Waals surface area contributed by atoms with Crippen molar-refractivity contribution in [1.82, 2.24) is 4.90 Å². The molecule has 0 spiro atoms. The number of ether oxygens (including phenoxy) is 3. The van der Waals surface area contributed by atoms with Crippen LogP contribution in [-0.4, -0.2) is 28.5 Å². The molecule has 1 atom stereocenters. The van der Waals surface area contributed by atoms with E-state index in [0.29, 0.717) is 29.4 Å². The second-order valence-corrected chi connectivity index (χ2v) is 12.2. The van der Waals surface area contributed by atoms with E-state index < -0.39 is 17.7 Å². The average Bonchev–Trinajstić information content (AvgIpc) is 3.58. The molecule has 44 heavy (non-hydrogen) atoms. The van der Waals surface area contributed by atoms with Crippen molar-refractivity contribution in [2.24, 2.45) is 0 Å². The molecule has 0 aliphatic carbocycles. The number of aliphatic hydroxyl groups is 1. The van der Waals surface area contributed by atoms with Gasteiger partial charge in [-0.3, -0.25) is 9.59 Å². The first kappa shape index (κ1) is 29.1. The Labute approximate surface area is 257 Å². The van der Waals surface area contributed by atoms with E-state index >= 15 is 0 Å². The molecule has 2 aliphatic rings. The van der Waals surface area contributed by atoms with E-state index in [-0.39, 0.29) is 30.1 Å². The number of amides is 1. The van der Waals surface area contributed by atoms with Crippen LogP contribution in [0.5, 0.6) is 17.2 Å². The van der Waals surface area contributed by atoms with Crippen molar-refractivity contribution < 1.29 is 28.9 Å². The first-order valence-electron chi connectivity index (χ1n) is 14.7. The Hall–Kier alpha value is -5.04. The number of likely N-dealkylation sites (tertiary alicyclic amines) is 1. The van der Waals surface area contributed by atoms with Gasteiger partial charge < -0.3 is 24.2 Å². The molecule has 1 fully saturated rings. The van der Waals surface area contributed by atoms with Gasteiger partial charge in [0.2, 0.25) is 6.79 Å². The summed E-state index contributed by atoms with van der Waals surface area (Å²) in [6.07, 6.45) is 0. The molecule has 6 rings (SSSR count). The third-order valence-corrected chi connectivity index (χ3v) is 8.11. The van der Waals surface area contributed by atoms with Gasteiger partial charge in [0, 0.05) is 12.1 Å². The lowest BCUT2D eigenvalue weighted by Crippen LogP contribution is -2.29. The number of hydrogen-bond acceptors (Lipinski definition) is 6. The summed E-state index contributed by atoms with van der Waals surface area (Å²) >= 11 is 0. The van der Waals surface area contributed by atoms with E-state index in [4.69, 9.17) is 14.2 Å². The SMILES string of the molecule is Cc1cc(/C(O)=C2\C(=O)C(=O)N(Cc3ccc4c(c3)OCO4)C2c2ccc(C(C)(C)C)cc2)ccc1OCc1ccccc1. The standard InChI is InChI=1S/C37H35NO6/c1-23-18-27(13-17-29(23)42-21-24-8-6-5-7-9-24)34(39)32-33(26-11-14-28(15-12-26)37(2,3)4)38(36(41)35(32)40)20-25-10-16-30-31(19-25)44-22-43-30/h5-19,33,39H,20-22H2,1-4H3/b34-32+. The summed E-state index contributed by atoms with van der Waals surface area (Å²) in [6, 6.07) is 27.7. The maximum absolute atomic E-state index is 13.7. The summed E-state index contributed by atoms with van der Waals surface area (Å²) in [5.41, 5.74) is 4.89. The van der Waals surface area contributed by atoms with Crippen molar-refractivity contribution in [3.05, 3.63) is 130 Å². The smallest absolute Gasteiger partial charge is 0.295 e. The Morgan fingerprint density at radius 1 is 0.886 bits per heavy atom. The maximum atomic E-state index is 13.7. The molecule has 1 saturated heterocycles. The van der Waals surface area contributed by atoms with E-state index in [1.54, 1.807) is 24.3 Å². The van der Waals surface area contributed by atoms with Crippen molar-refractivity contribution in [2.75, 3.05) is 6.79 Å². The van der Waals surface area contributed by atoms with Crippen LogP contribution in [0.15, 0.2) is 96.6 Å². The van der Waals surface area contributed by atoms with Crippen LogP contribution in [0.3, 0.4) is 0 Å². The lowest BCUT2D eigenvalue weighted by Gasteiger charge is -2.27. The second-order valence-electron chi connectivity index (χ2n) is 12.2. The Morgan fingerprint density at radius 2 is 1.61 bits per heavy atom. The van der Waals surface area contributed by atoms with E-state index in [2.05, 4.69) is 20.8 Å². The summed E-state index contributed by atoms with van der Waals surface area (Å²) in [5.74, 6) is 0.276. The minimum Gasteiger partial charge on any atom is -0.507 e. The minimum absolute atomic E-state index is 0.0524. The number of nitrogens with zero attached hydrogens (tertiary/aromatic N) is 1. The number of rotatable bonds is 7. The van der Waals surface area contributed by atoms with Gasteiger partial charge in [0.15, 0.2) is 11.5 Å². The fourth-order valence-corrected chi connectivity index (χ4v) is 5.64. The number of benzene rings is 4. The monoisotopic (exact) mass is 589 g/mol. The van der Waals surface area contributed by atoms with Crippen LogP contribution in [-0.2, 0) is 28.2 Å². The highest BCUT2D eigenvalue weighted by atomic mass is 16.7. The molecule has 224 valence electrons. The predicted octanol–water partition coefficient (Wildman–Crippen LogP) is 7.22. The fourth-order valence-electron chi connectivity index (χ4n) is 5.64. The molecule has 1 amide bonds. The number of carbonyl (C=O) groups is 2. The van der Waals surface area contributed by atoms with Gasteiger partial charge in [-0.1, -0.05) is 81.4 Å². The molecule has 2 aliphatic heterocycles. The van der Waals surface area contributed by atoms with E-state index in [0.717, 1.165) is 27.8 Å². The van der Waals surface area contributed by atoms with Crippen LogP contribution in [0.2, 0.25) is 0 Å². The highest BCUT2D eigenvalue weighted by Gasteiger charge is 2.46. The highest BCUT2D eigenvalue weighted by molar-refractivity contribution is 6.46. The molecule has 0 radical (unpaired) electrons. The van der Waals surface area contributed by atoms with Gasteiger partial charge in [0.1, 0.15) is 18.1 Å². The molecule has 0 bridgehead atoms. The van der Waals surface area contributed by atoms with E-state index in [1.165, 1.54) is 4.90 Å². The quantitative estimate of drug-likeness (QED) is 0.139. The van der Waals surface area contributed by atoms with Gasteiger partial charge >= 0.3 is 0 Å². The lowest BCUT2D eigenvalue weighted by atomic mass is 9.85. The summed E-state index contributed by atoms with van der Waals surface area (Å²) in [7, 11) is 0. The fraction of sp³-hybridized carbons (Fsp3) is 0.243. The first-order valence-corrected chi connectivity index (χ1v) is 14.7. The Kier molecular flexibility index (Phi) is 7.64. The molecule has 1 unspecified atom stereocenters. The number of hydrogen-bond donors (Lipinski definition) is 1. The number of Topliss-reactive ketones (excluding diaryl/α,β-unsaturated/α-hetero) is 1. The molecular weight excluding hydrogens is 554 g/mol. The van der Waals surface area contributed by atoms with Crippen molar-refractivity contribution in [2.45, 2.75) is 52.3 Å². The third kappa shape index (κ3) is 5.65. The molecule has 0 saturated carbocycles. The van der Waals surface area contributed by atoms with Crippen LogP contribution < -0.4 is 14.2 Å². The summed E-state index contributed by atoms with van der Waals surface area (Å²) < 4.78 is 17.0. The second kappa shape index (κ2) is 11.6. The zero-order valence-corrected chi connectivity index (χ0v) is 25.3. The number of aryl methyl sites for hydroxylation is 1. The zero-order chi connectivity index (χ0) is 31.0. The van der Waals surface area contributed by atoms with E-state index in [1.807, 2.05) is 73.7 Å². The lowest BCUT2D eigenvalue weighted by molar-refractivity contribution is -0.140. The van der Waals surface area contributed by atoms with Gasteiger partial charge in [-0.25, -0.2) is 0 Å². The van der Waals surface area contributed by atoms with Crippen LogP contribution in [0.1, 0.15) is 60.2 Å². The molecule has 4 aromatic rings. The zero-order valence-electron chi connectivity index (χ0n) is 25.3. The van der Waals surface area contributed by atoms with Crippen molar-refractivity contribution >= 4 is 17.4 Å². The van der Waals surface area contributed by atoms with Gasteiger partial charge in [0.05, 0.1) is 11.6 Å². The summed E-state index contributed by atoms with van der Waals surface area (Å²) in [5, 5.41) is 11.7. The molecular formula is C37H35NO6. The van der Waals surface area contributed by atoms with Crippen LogP contribution >= 0.6 is 0 Å². The van der Waals surface area contributed by atoms with Crippen molar-refractivity contribution in [3.8, 4) is 17.2 Å². The normalized spacial score (nSPS) is 17.3. The molecule has 7 heteroatoms. The number of carbonyl (C=O) groups excluding carboxylic acids is 2. The number of aliphatic hydroxyl groups excluding tert-OH is 1. The van der Waals surface area contributed by atoms with Crippen LogP contribution in [0, 0.1) is 6.92 Å². The van der Waals surface area contributed by atoms with Crippen molar-refractivity contribution in [1.29, 1.82) is 0 Å². The highest BCUT2D eigenvalue weighted by Crippen LogP contribution is 2.42. The molecule has 7 nitrogen and oxygen atoms in total. The Bertz CT molecular complexity index is 1750. The topological polar surface area (TPSA) is 85.3 Å². The van der Waals surface area contributed by atoms with Gasteiger partial charge in [-0.15, -0.1) is 0 Å². The molecule has 2 heterocycles. The third-order valence-electron chi connectivity index (χ3n) is 8.11. The largest absolute Gasteiger partial charge is 0.507 e. The summed E-state index contributed by atoms with van der Waals surface area (Å²) in [4.78, 5) is 28.8. The summed E-state index contributed by atoms with van der Waals surface area (Å²) in [6.45, 7) is 8.96. The molecule has 4 aromatic carbocycles. The average molecular weight is 590 g/mol. The Morgan fingerprint density at radius 3 is 2.32 bits per heavy atom. The van der Waals surface area contributed by atoms with Gasteiger partial charge in [-0.2, -0.15) is 0 Å². The van der Waals surface area contributed by atoms with Gasteiger partial charge in [-0.05, 0) is 70.5 Å².